The summed E-state index contributed by atoms with van der Waals surface area (Å²) in [6, 6.07) is 8.23. The van der Waals surface area contributed by atoms with Gasteiger partial charge in [-0.25, -0.2) is 0 Å². The Morgan fingerprint density at radius 2 is 1.44 bits per heavy atom. The van der Waals surface area contributed by atoms with Crippen LogP contribution in [0.5, 0.6) is 0 Å². The molecule has 1 aliphatic heterocycles. The van der Waals surface area contributed by atoms with Crippen LogP contribution in [0.15, 0.2) is 35.5 Å². The first-order valence-electron chi connectivity index (χ1n) is 10.7. The lowest BCUT2D eigenvalue weighted by atomic mass is 9.90. The zero-order valence-electron chi connectivity index (χ0n) is 16.2. The predicted molar refractivity (Wildman–Crippen MR) is 111 cm³/mol. The smallest absolute Gasteiger partial charge is 0.0652 e. The molecule has 4 atom stereocenters. The molecule has 146 valence electrons. The van der Waals surface area contributed by atoms with Crippen LogP contribution in [0.2, 0.25) is 0 Å². The third-order valence-corrected chi connectivity index (χ3v) is 6.22. The molecule has 1 aromatic rings. The molecule has 0 amide bonds. The molecule has 0 aromatic carbocycles. The normalized spacial score (nSPS) is 34.5. The quantitative estimate of drug-likeness (QED) is 0.659. The summed E-state index contributed by atoms with van der Waals surface area (Å²) in [6.45, 7) is 1.67. The topological polar surface area (TPSA) is 61.3 Å². The van der Waals surface area contributed by atoms with Gasteiger partial charge in [0.1, 0.15) is 0 Å². The van der Waals surface area contributed by atoms with Gasteiger partial charge in [0.2, 0.25) is 0 Å². The minimum absolute atomic E-state index is 0.378. The Labute approximate surface area is 163 Å². The molecule has 2 saturated carbocycles. The van der Waals surface area contributed by atoms with Gasteiger partial charge in [-0.3, -0.25) is 9.98 Å². The minimum Gasteiger partial charge on any atom is -0.387 e. The van der Waals surface area contributed by atoms with Crippen LogP contribution in [0.3, 0.4) is 0 Å². The van der Waals surface area contributed by atoms with Gasteiger partial charge < -0.3 is 16.0 Å². The zero-order chi connectivity index (χ0) is 18.3. The van der Waals surface area contributed by atoms with Gasteiger partial charge in [0, 0.05) is 37.4 Å². The fraction of sp³-hybridized carbons (Fsp3) is 0.636. The Morgan fingerprint density at radius 3 is 2.26 bits per heavy atom. The van der Waals surface area contributed by atoms with E-state index in [1.54, 1.807) is 0 Å². The van der Waals surface area contributed by atoms with Crippen molar-refractivity contribution in [1.29, 1.82) is 0 Å². The van der Waals surface area contributed by atoms with E-state index in [2.05, 4.69) is 46.4 Å². The summed E-state index contributed by atoms with van der Waals surface area (Å²) in [5.74, 6) is 0. The predicted octanol–water partition coefficient (Wildman–Crippen LogP) is 3.07. The Morgan fingerprint density at radius 1 is 0.778 bits per heavy atom. The second-order valence-corrected chi connectivity index (χ2v) is 8.16. The van der Waals surface area contributed by atoms with Crippen molar-refractivity contribution in [2.24, 2.45) is 4.99 Å². The second-order valence-electron chi connectivity index (χ2n) is 8.16. The highest BCUT2D eigenvalue weighted by atomic mass is 15.0. The second kappa shape index (κ2) is 9.47. The van der Waals surface area contributed by atoms with Gasteiger partial charge in [-0.2, -0.15) is 0 Å². The maximum Gasteiger partial charge on any atom is 0.0652 e. The summed E-state index contributed by atoms with van der Waals surface area (Å²) in [7, 11) is 0. The molecule has 0 spiro atoms. The number of hydrogen-bond donors (Lipinski definition) is 3. The van der Waals surface area contributed by atoms with Crippen molar-refractivity contribution < 1.29 is 0 Å². The van der Waals surface area contributed by atoms with Gasteiger partial charge in [-0.15, -0.1) is 0 Å². The van der Waals surface area contributed by atoms with Gasteiger partial charge in [-0.1, -0.05) is 31.7 Å². The standard InChI is InChI=1S/C22H33N5/c1-3-11-21-19(9-1)23-13-6-14-24-20-10-2-4-12-22(20)26-16-18-8-5-7-17(27-18)15-25-21/h5-8,13-14,19-23,25-26H,1-4,9-12,15-16H2/b13-6-,24-14+/t19-,20-,21-,22-/m1/s1. The van der Waals surface area contributed by atoms with Crippen molar-refractivity contribution in [3.8, 4) is 0 Å². The summed E-state index contributed by atoms with van der Waals surface area (Å²) >= 11 is 0. The molecule has 4 rings (SSSR count). The van der Waals surface area contributed by atoms with E-state index >= 15 is 0 Å². The van der Waals surface area contributed by atoms with Crippen LogP contribution in [0.25, 0.3) is 0 Å². The van der Waals surface area contributed by atoms with Crippen molar-refractivity contribution in [2.75, 3.05) is 0 Å². The summed E-state index contributed by atoms with van der Waals surface area (Å²) in [6.07, 6.45) is 16.2. The first-order valence-corrected chi connectivity index (χ1v) is 10.7. The molecule has 3 N–H and O–H groups in total. The minimum atomic E-state index is 0.378. The van der Waals surface area contributed by atoms with Crippen LogP contribution in [-0.4, -0.2) is 35.4 Å². The number of nitrogens with zero attached hydrogens (tertiary/aromatic N) is 2. The molecule has 0 radical (unpaired) electrons. The number of aromatic nitrogens is 1. The van der Waals surface area contributed by atoms with Crippen molar-refractivity contribution in [2.45, 2.75) is 88.6 Å². The Kier molecular flexibility index (Phi) is 6.53. The van der Waals surface area contributed by atoms with Crippen molar-refractivity contribution in [1.82, 2.24) is 20.9 Å². The molecule has 2 aliphatic carbocycles. The maximum absolute atomic E-state index is 4.88. The number of fused-ring (bicyclic) bond motifs is 4. The maximum atomic E-state index is 4.88. The van der Waals surface area contributed by atoms with E-state index in [0.29, 0.717) is 24.2 Å². The molecule has 27 heavy (non-hydrogen) atoms. The average molecular weight is 368 g/mol. The van der Waals surface area contributed by atoms with Gasteiger partial charge in [0.15, 0.2) is 0 Å². The number of rotatable bonds is 0. The Balaban J connectivity index is 1.52. The Hall–Kier alpha value is -1.72. The number of allylic oxidation sites excluding steroid dienone is 1. The fourth-order valence-corrected chi connectivity index (χ4v) is 4.68. The van der Waals surface area contributed by atoms with Crippen LogP contribution in [0.4, 0.5) is 0 Å². The highest BCUT2D eigenvalue weighted by Crippen LogP contribution is 2.22. The Bertz CT molecular complexity index is 656. The molecule has 3 aliphatic rings. The van der Waals surface area contributed by atoms with Crippen molar-refractivity contribution in [3.05, 3.63) is 41.9 Å². The highest BCUT2D eigenvalue weighted by Gasteiger charge is 2.25. The highest BCUT2D eigenvalue weighted by molar-refractivity contribution is 5.71. The fourth-order valence-electron chi connectivity index (χ4n) is 4.68. The summed E-state index contributed by atoms with van der Waals surface area (Å²) < 4.78 is 0. The van der Waals surface area contributed by atoms with Gasteiger partial charge >= 0.3 is 0 Å². The molecule has 5 heteroatoms. The van der Waals surface area contributed by atoms with Crippen molar-refractivity contribution >= 4 is 6.21 Å². The summed E-state index contributed by atoms with van der Waals surface area (Å²) in [4.78, 5) is 9.74. The van der Waals surface area contributed by atoms with E-state index in [4.69, 9.17) is 9.98 Å². The van der Waals surface area contributed by atoms with Crippen molar-refractivity contribution in [3.63, 3.8) is 0 Å². The number of aliphatic imine (C=N–C) groups is 1. The van der Waals surface area contributed by atoms with Gasteiger partial charge in [-0.05, 0) is 50.1 Å². The molecular weight excluding hydrogens is 334 g/mol. The lowest BCUT2D eigenvalue weighted by Gasteiger charge is -2.32. The average Bonchev–Trinajstić information content (AvgIpc) is 2.71. The molecule has 2 fully saturated rings. The molecular formula is C22H33N5. The van der Waals surface area contributed by atoms with Crippen LogP contribution in [-0.2, 0) is 13.1 Å². The number of hydrogen-bond acceptors (Lipinski definition) is 5. The van der Waals surface area contributed by atoms with E-state index in [1.807, 2.05) is 6.21 Å². The number of pyridine rings is 1. The monoisotopic (exact) mass is 367 g/mol. The lowest BCUT2D eigenvalue weighted by molar-refractivity contribution is 0.300. The third-order valence-electron chi connectivity index (χ3n) is 6.22. The third kappa shape index (κ3) is 5.17. The lowest BCUT2D eigenvalue weighted by Crippen LogP contribution is -2.48. The largest absolute Gasteiger partial charge is 0.387 e. The molecule has 5 nitrogen and oxygen atoms in total. The van der Waals surface area contributed by atoms with Crippen LogP contribution in [0, 0.1) is 0 Å². The van der Waals surface area contributed by atoms with Gasteiger partial charge in [0.25, 0.3) is 0 Å². The molecule has 0 saturated heterocycles. The molecule has 1 aromatic heterocycles. The van der Waals surface area contributed by atoms with E-state index < -0.39 is 0 Å². The molecule has 2 heterocycles. The first-order chi connectivity index (χ1) is 13.4. The molecule has 0 unspecified atom stereocenters. The number of nitrogens with one attached hydrogen (secondary N) is 3. The molecule has 2 bridgehead atoms. The van der Waals surface area contributed by atoms with E-state index in [9.17, 15) is 0 Å². The first kappa shape index (κ1) is 18.6. The van der Waals surface area contributed by atoms with E-state index in [-0.39, 0.29) is 0 Å². The van der Waals surface area contributed by atoms with Crippen LogP contribution >= 0.6 is 0 Å². The van der Waals surface area contributed by atoms with Crippen LogP contribution in [0.1, 0.15) is 62.8 Å². The van der Waals surface area contributed by atoms with Crippen LogP contribution < -0.4 is 16.0 Å². The summed E-state index contributed by atoms with van der Waals surface area (Å²) in [5.41, 5.74) is 2.27. The zero-order valence-corrected chi connectivity index (χ0v) is 16.2. The van der Waals surface area contributed by atoms with E-state index in [0.717, 1.165) is 24.5 Å². The van der Waals surface area contributed by atoms with E-state index in [1.165, 1.54) is 51.4 Å². The van der Waals surface area contributed by atoms with Gasteiger partial charge in [0.05, 0.1) is 17.4 Å². The summed E-state index contributed by atoms with van der Waals surface area (Å²) in [5, 5.41) is 11.1. The SMILES string of the molecule is C1=C\N[C@@H]2CCCC[C@H]2NCc2cccc(n2)CN[C@@H]2CCCC[C@H]2/N=C/1.